The topological polar surface area (TPSA) is 91.6 Å². The number of carbonyl (C=O) groups is 1. The molecule has 0 N–H and O–H groups in total. The lowest BCUT2D eigenvalue weighted by Crippen LogP contribution is -2.45. The number of ether oxygens (including phenoxy) is 1. The van der Waals surface area contributed by atoms with Gasteiger partial charge in [-0.2, -0.15) is 4.57 Å². The van der Waals surface area contributed by atoms with Gasteiger partial charge in [-0.1, -0.05) is 39.1 Å². The van der Waals surface area contributed by atoms with E-state index in [0.717, 1.165) is 18.0 Å². The molecule has 0 spiro atoms. The number of carboxylic acid groups (broad SMARTS) is 1. The van der Waals surface area contributed by atoms with Crippen LogP contribution in [-0.4, -0.2) is 17.1 Å². The van der Waals surface area contributed by atoms with Crippen LogP contribution in [0.4, 0.5) is 5.69 Å². The van der Waals surface area contributed by atoms with Gasteiger partial charge in [0.2, 0.25) is 11.5 Å². The highest BCUT2D eigenvalue weighted by Crippen LogP contribution is 2.38. The molecule has 1 aliphatic heterocycles. The predicted molar refractivity (Wildman–Crippen MR) is 145 cm³/mol. The zero-order valence-corrected chi connectivity index (χ0v) is 20.1. The van der Waals surface area contributed by atoms with Gasteiger partial charge >= 0.3 is 5.89 Å². The molecule has 0 amide bonds. The number of aliphatic carboxylic acids is 1. The van der Waals surface area contributed by atoms with Crippen molar-refractivity contribution in [3.05, 3.63) is 85.9 Å². The third-order valence-electron chi connectivity index (χ3n) is 5.75. The summed E-state index contributed by atoms with van der Waals surface area (Å²) in [5, 5.41) is 11.4. The van der Waals surface area contributed by atoms with E-state index in [1.807, 2.05) is 55.1 Å². The van der Waals surface area contributed by atoms with E-state index in [1.54, 1.807) is 34.9 Å². The van der Waals surface area contributed by atoms with Crippen molar-refractivity contribution in [3.8, 4) is 5.75 Å². The molecule has 194 valence electrons. The maximum atomic E-state index is 13.1. The van der Waals surface area contributed by atoms with Gasteiger partial charge in [0, 0.05) is 25.2 Å². The predicted octanol–water partition coefficient (Wildman–Crippen LogP) is 2.36. The monoisotopic (exact) mass is 521 g/mol. The molecule has 9 heteroatoms. The first kappa shape index (κ1) is 27.5. The second-order valence-corrected chi connectivity index (χ2v) is 8.91. The zero-order chi connectivity index (χ0) is 24.5. The number of carboxylic acids is 1. The average molecular weight is 522 g/mol. The maximum Gasteiger partial charge on any atom is 0.377 e. The van der Waals surface area contributed by atoms with E-state index < -0.39 is 5.97 Å². The first-order valence-electron chi connectivity index (χ1n) is 11.3. The van der Waals surface area contributed by atoms with E-state index >= 15 is 0 Å². The fourth-order valence-electron chi connectivity index (χ4n) is 4.16. The van der Waals surface area contributed by atoms with Gasteiger partial charge in [-0.3, -0.25) is 9.36 Å². The molecule has 2 aromatic heterocycles. The summed E-state index contributed by atoms with van der Waals surface area (Å²) in [5.74, 6) is 0.533. The SMILES string of the molecule is C.C.CCN1/C(=C/C=c2/s/c(=C/c3oc4ccccc4[n+]3CC(=O)[O-])n(CC)c2=O)Oc2ccccc21. The summed E-state index contributed by atoms with van der Waals surface area (Å²) >= 11 is 1.30. The highest BCUT2D eigenvalue weighted by molar-refractivity contribution is 7.07. The molecule has 37 heavy (non-hydrogen) atoms. The van der Waals surface area contributed by atoms with E-state index in [4.69, 9.17) is 9.15 Å². The average Bonchev–Trinajstić information content (AvgIpc) is 3.48. The Hall–Kier alpha value is -4.11. The van der Waals surface area contributed by atoms with Gasteiger partial charge in [0.05, 0.1) is 16.3 Å². The van der Waals surface area contributed by atoms with Gasteiger partial charge in [-0.15, -0.1) is 11.3 Å². The number of benzene rings is 2. The van der Waals surface area contributed by atoms with Crippen molar-refractivity contribution in [2.45, 2.75) is 41.8 Å². The smallest absolute Gasteiger partial charge is 0.377 e. The van der Waals surface area contributed by atoms with Crippen LogP contribution in [0.5, 0.6) is 5.75 Å². The minimum absolute atomic E-state index is 0. The maximum absolute atomic E-state index is 13.1. The van der Waals surface area contributed by atoms with Gasteiger partial charge in [-0.05, 0) is 38.1 Å². The van der Waals surface area contributed by atoms with Crippen molar-refractivity contribution in [1.29, 1.82) is 0 Å². The molecule has 3 heterocycles. The van der Waals surface area contributed by atoms with Crippen molar-refractivity contribution in [2.75, 3.05) is 11.4 Å². The molecule has 0 saturated carbocycles. The molecule has 0 unspecified atom stereocenters. The van der Waals surface area contributed by atoms with E-state index in [2.05, 4.69) is 0 Å². The Morgan fingerprint density at radius 2 is 1.78 bits per heavy atom. The minimum Gasteiger partial charge on any atom is -0.544 e. The summed E-state index contributed by atoms with van der Waals surface area (Å²) in [6.07, 6.45) is 5.26. The Bertz CT molecular complexity index is 1640. The molecule has 0 atom stereocenters. The number of anilines is 1. The van der Waals surface area contributed by atoms with Crippen LogP contribution in [-0.2, 0) is 17.9 Å². The second-order valence-electron chi connectivity index (χ2n) is 7.85. The lowest BCUT2D eigenvalue weighted by atomic mass is 10.3. The molecule has 5 rings (SSSR count). The summed E-state index contributed by atoms with van der Waals surface area (Å²) in [6.45, 7) is 4.74. The number of thiazole rings is 1. The fraction of sp³-hybridized carbons (Fsp3) is 0.250. The first-order valence-corrected chi connectivity index (χ1v) is 12.1. The van der Waals surface area contributed by atoms with E-state index in [1.165, 1.54) is 15.9 Å². The minimum atomic E-state index is -1.23. The number of nitrogens with zero attached hydrogens (tertiary/aromatic N) is 3. The number of allylic oxidation sites excluding steroid dienone is 1. The summed E-state index contributed by atoms with van der Waals surface area (Å²) in [4.78, 5) is 26.5. The van der Waals surface area contributed by atoms with Crippen LogP contribution in [0.1, 0.15) is 34.6 Å². The van der Waals surface area contributed by atoms with Gasteiger partial charge in [0.15, 0.2) is 12.3 Å². The van der Waals surface area contributed by atoms with E-state index in [9.17, 15) is 14.7 Å². The first-order chi connectivity index (χ1) is 17.0. The number of aromatic nitrogens is 2. The third-order valence-corrected chi connectivity index (χ3v) is 6.83. The second kappa shape index (κ2) is 11.3. The van der Waals surface area contributed by atoms with Crippen LogP contribution in [0.15, 0.2) is 69.7 Å². The van der Waals surface area contributed by atoms with Crippen LogP contribution in [0.3, 0.4) is 0 Å². The normalized spacial score (nSPS) is 14.4. The molecule has 0 bridgehead atoms. The molecule has 1 aliphatic rings. The van der Waals surface area contributed by atoms with Crippen molar-refractivity contribution >= 4 is 46.2 Å². The Kier molecular flexibility index (Phi) is 8.39. The van der Waals surface area contributed by atoms with Crippen LogP contribution in [0.2, 0.25) is 0 Å². The van der Waals surface area contributed by atoms with Crippen LogP contribution < -0.4 is 34.1 Å². The highest BCUT2D eigenvalue weighted by atomic mass is 32.1. The summed E-state index contributed by atoms with van der Waals surface area (Å²) < 4.78 is 16.2. The zero-order valence-electron chi connectivity index (χ0n) is 19.3. The molecule has 0 aliphatic carbocycles. The lowest BCUT2D eigenvalue weighted by Gasteiger charge is -2.14. The highest BCUT2D eigenvalue weighted by Gasteiger charge is 2.24. The Morgan fingerprint density at radius 3 is 2.51 bits per heavy atom. The van der Waals surface area contributed by atoms with Gasteiger partial charge < -0.3 is 24.0 Å². The van der Waals surface area contributed by atoms with Gasteiger partial charge in [-0.25, -0.2) is 0 Å². The van der Waals surface area contributed by atoms with E-state index in [0.29, 0.717) is 38.6 Å². The molecule has 0 saturated heterocycles. The number of fused-ring (bicyclic) bond motifs is 2. The number of rotatable bonds is 6. The van der Waals surface area contributed by atoms with Gasteiger partial charge in [0.25, 0.3) is 11.1 Å². The number of para-hydroxylation sites is 4. The standard InChI is InChI=1S/C26H23N3O5S.2CH4/c1-3-27-17-9-5-7-11-19(17)33-22(27)14-13-21-26(32)28(4-2)24(35-21)15-23-29(16-25(30)31)18-10-6-8-12-20(18)34-23;;/h5-15H,3-4,16H2,1-2H3;2*1H4/b21-13+,22-14-;;. The van der Waals surface area contributed by atoms with Crippen LogP contribution >= 0.6 is 11.3 Å². The number of carbonyl (C=O) groups excluding carboxylic acids is 1. The summed E-state index contributed by atoms with van der Waals surface area (Å²) in [6, 6.07) is 15.0. The fourth-order valence-corrected chi connectivity index (χ4v) is 5.21. The lowest BCUT2D eigenvalue weighted by molar-refractivity contribution is -0.672. The molecule has 4 aromatic rings. The Balaban J connectivity index is 0.00000190. The Morgan fingerprint density at radius 1 is 1.05 bits per heavy atom. The van der Waals surface area contributed by atoms with Crippen molar-refractivity contribution < 1.29 is 23.6 Å². The molecular weight excluding hydrogens is 490 g/mol. The summed E-state index contributed by atoms with van der Waals surface area (Å²) in [7, 11) is 0. The molecule has 0 radical (unpaired) electrons. The van der Waals surface area contributed by atoms with Crippen LogP contribution in [0, 0.1) is 0 Å². The van der Waals surface area contributed by atoms with Crippen molar-refractivity contribution in [3.63, 3.8) is 0 Å². The Labute approximate surface area is 219 Å². The summed E-state index contributed by atoms with van der Waals surface area (Å²) in [5.41, 5.74) is 2.04. The van der Waals surface area contributed by atoms with Crippen molar-refractivity contribution in [2.24, 2.45) is 0 Å². The molecular formula is C28H31N3O5S. The third kappa shape index (κ3) is 5.08. The molecule has 0 fully saturated rings. The quantitative estimate of drug-likeness (QED) is 0.362. The number of hydrogen-bond acceptors (Lipinski definition) is 7. The molecule has 8 nitrogen and oxygen atoms in total. The largest absolute Gasteiger partial charge is 0.544 e. The van der Waals surface area contributed by atoms with Gasteiger partial charge in [0.1, 0.15) is 10.6 Å². The molecule has 2 aromatic carbocycles. The number of oxazole rings is 1. The van der Waals surface area contributed by atoms with Crippen molar-refractivity contribution in [1.82, 2.24) is 4.57 Å². The van der Waals surface area contributed by atoms with E-state index in [-0.39, 0.29) is 27.0 Å². The number of hydrogen-bond donors (Lipinski definition) is 0. The van der Waals surface area contributed by atoms with Crippen LogP contribution in [0.25, 0.3) is 23.3 Å².